The molecule has 0 bridgehead atoms. The molecule has 0 saturated heterocycles. The summed E-state index contributed by atoms with van der Waals surface area (Å²) < 4.78 is 30.3. The number of phosphoric acid groups is 1. The van der Waals surface area contributed by atoms with Crippen LogP contribution in [0.1, 0.15) is 297 Å². The second kappa shape index (κ2) is 57.7. The van der Waals surface area contributed by atoms with Gasteiger partial charge >= 0.3 is 5.97 Å². The third kappa shape index (κ3) is 58.1. The summed E-state index contributed by atoms with van der Waals surface area (Å²) in [7, 11) is 1.17. The van der Waals surface area contributed by atoms with Crippen molar-refractivity contribution in [3.8, 4) is 0 Å². The van der Waals surface area contributed by atoms with Crippen LogP contribution >= 0.6 is 7.82 Å². The summed E-state index contributed by atoms with van der Waals surface area (Å²) in [6, 6.07) is -0.898. The lowest BCUT2D eigenvalue weighted by Crippen LogP contribution is -2.47. The van der Waals surface area contributed by atoms with E-state index in [1.165, 1.54) is 173 Å². The Bertz CT molecular complexity index is 1570. The van der Waals surface area contributed by atoms with E-state index < -0.39 is 26.6 Å². The molecule has 454 valence electrons. The summed E-state index contributed by atoms with van der Waals surface area (Å²) in [5.41, 5.74) is 0. The van der Waals surface area contributed by atoms with E-state index in [1.54, 1.807) is 0 Å². The average molecular weight is 1110 g/mol. The number of nitrogens with zero attached hydrogens (tertiary/aromatic N) is 1. The first-order valence-electron chi connectivity index (χ1n) is 32.7. The fourth-order valence-corrected chi connectivity index (χ4v) is 9.99. The van der Waals surface area contributed by atoms with Crippen LogP contribution in [0.25, 0.3) is 0 Å². The molecule has 3 atom stereocenters. The average Bonchev–Trinajstić information content (AvgIpc) is 3.40. The SMILES string of the molecule is CCCCC/C=C\C/C=C\C/C=C\C/C=C\CCCCCCCCCCCCCC(=O)OC(/C=C\CCCCCCCCCCCC)C(COP(=O)([O-])OCC[N+](C)(C)C)NC(=O)CCCCC/C=C\CCCCCCCC. The monoisotopic (exact) mass is 1110 g/mol. The smallest absolute Gasteiger partial charge is 0.306 e. The van der Waals surface area contributed by atoms with Gasteiger partial charge in [0.25, 0.3) is 7.82 Å². The molecule has 0 aliphatic carbocycles. The van der Waals surface area contributed by atoms with E-state index in [0.717, 1.165) is 83.5 Å². The Morgan fingerprint density at radius 2 is 0.782 bits per heavy atom. The lowest BCUT2D eigenvalue weighted by atomic mass is 10.0. The van der Waals surface area contributed by atoms with Gasteiger partial charge < -0.3 is 28.5 Å². The third-order valence-corrected chi connectivity index (χ3v) is 15.3. The summed E-state index contributed by atoms with van der Waals surface area (Å²) in [6.45, 7) is 6.80. The molecular weight excluding hydrogens is 988 g/mol. The maximum Gasteiger partial charge on any atom is 0.306 e. The van der Waals surface area contributed by atoms with Crippen molar-refractivity contribution < 1.29 is 37.3 Å². The number of phosphoric ester groups is 1. The van der Waals surface area contributed by atoms with Crippen LogP contribution in [0, 0.1) is 0 Å². The van der Waals surface area contributed by atoms with Crippen molar-refractivity contribution in [3.05, 3.63) is 72.9 Å². The van der Waals surface area contributed by atoms with Gasteiger partial charge in [-0.3, -0.25) is 14.2 Å². The highest BCUT2D eigenvalue weighted by molar-refractivity contribution is 7.45. The van der Waals surface area contributed by atoms with E-state index in [9.17, 15) is 19.0 Å². The van der Waals surface area contributed by atoms with Crippen LogP contribution in [0.3, 0.4) is 0 Å². The first-order chi connectivity index (χ1) is 37.9. The number of hydrogen-bond donors (Lipinski definition) is 1. The number of esters is 1. The molecule has 0 saturated carbocycles. The predicted molar refractivity (Wildman–Crippen MR) is 335 cm³/mol. The largest absolute Gasteiger partial charge is 0.756 e. The standard InChI is InChI=1S/C68H125N2O7P/c1-7-10-13-16-19-22-25-28-29-30-31-32-33-34-35-36-37-38-39-40-41-43-46-49-52-55-58-61-68(72)77-66(59-56-53-50-47-44-27-24-21-18-15-12-9-3)65(64-76-78(73,74)75-63-62-70(4,5)6)69-67(71)60-57-54-51-48-45-42-26-23-20-17-14-11-8-2/h19,22,28-29,31-32,34-35,42,45,56,59,65-66H,7-18,20-21,23-27,30,33,36-41,43-44,46-55,57-58,60-64H2,1-6H3,(H-,69,71,73,74)/b22-19-,29-28-,32-31-,35-34-,45-42-,59-56-. The molecule has 0 aliphatic heterocycles. The van der Waals surface area contributed by atoms with E-state index in [1.807, 2.05) is 33.3 Å². The molecule has 78 heavy (non-hydrogen) atoms. The maximum atomic E-state index is 13.5. The highest BCUT2D eigenvalue weighted by atomic mass is 31.2. The van der Waals surface area contributed by atoms with Gasteiger partial charge in [-0.25, -0.2) is 0 Å². The lowest BCUT2D eigenvalue weighted by molar-refractivity contribution is -0.870. The highest BCUT2D eigenvalue weighted by Crippen LogP contribution is 2.38. The Morgan fingerprint density at radius 1 is 0.449 bits per heavy atom. The molecule has 9 nitrogen and oxygen atoms in total. The summed E-state index contributed by atoms with van der Waals surface area (Å²) in [5, 5.41) is 3.02. The summed E-state index contributed by atoms with van der Waals surface area (Å²) in [6.07, 6.45) is 74.5. The van der Waals surface area contributed by atoms with Gasteiger partial charge in [0, 0.05) is 12.8 Å². The van der Waals surface area contributed by atoms with Gasteiger partial charge in [0.2, 0.25) is 5.91 Å². The minimum Gasteiger partial charge on any atom is -0.756 e. The van der Waals surface area contributed by atoms with Gasteiger partial charge in [-0.1, -0.05) is 255 Å². The van der Waals surface area contributed by atoms with Crippen molar-refractivity contribution in [1.29, 1.82) is 0 Å². The van der Waals surface area contributed by atoms with Gasteiger partial charge in [0.05, 0.1) is 33.8 Å². The zero-order valence-electron chi connectivity index (χ0n) is 51.9. The number of hydrogen-bond acceptors (Lipinski definition) is 7. The number of quaternary nitrogens is 1. The van der Waals surface area contributed by atoms with E-state index in [2.05, 4.69) is 86.8 Å². The van der Waals surface area contributed by atoms with Crippen LogP contribution < -0.4 is 10.2 Å². The molecule has 0 radical (unpaired) electrons. The summed E-state index contributed by atoms with van der Waals surface area (Å²) in [5.74, 6) is -0.559. The number of carbonyl (C=O) groups excluding carboxylic acids is 2. The minimum atomic E-state index is -4.70. The molecule has 3 unspecified atom stereocenters. The molecule has 0 fully saturated rings. The van der Waals surface area contributed by atoms with Gasteiger partial charge in [0.15, 0.2) is 0 Å². The molecule has 10 heteroatoms. The van der Waals surface area contributed by atoms with E-state index in [-0.39, 0.29) is 24.9 Å². The predicted octanol–water partition coefficient (Wildman–Crippen LogP) is 19.8. The summed E-state index contributed by atoms with van der Waals surface area (Å²) in [4.78, 5) is 40.0. The second-order valence-corrected chi connectivity index (χ2v) is 24.7. The Morgan fingerprint density at radius 3 is 1.22 bits per heavy atom. The first-order valence-corrected chi connectivity index (χ1v) is 34.2. The van der Waals surface area contributed by atoms with Gasteiger partial charge in [-0.15, -0.1) is 0 Å². The molecule has 0 aromatic carbocycles. The first kappa shape index (κ1) is 75.5. The van der Waals surface area contributed by atoms with Crippen LogP contribution in [0.2, 0.25) is 0 Å². The van der Waals surface area contributed by atoms with Gasteiger partial charge in [-0.2, -0.15) is 0 Å². The fourth-order valence-electron chi connectivity index (χ4n) is 9.27. The molecule has 0 aliphatic rings. The molecular formula is C68H125N2O7P. The molecule has 1 N–H and O–H groups in total. The Labute approximate surface area is 483 Å². The quantitative estimate of drug-likeness (QED) is 0.0212. The lowest BCUT2D eigenvalue weighted by Gasteiger charge is -2.30. The molecule has 0 heterocycles. The van der Waals surface area contributed by atoms with Crippen molar-refractivity contribution in [2.24, 2.45) is 0 Å². The topological polar surface area (TPSA) is 114 Å². The normalized spacial score (nSPS) is 14.1. The number of allylic oxidation sites excluding steroid dienone is 11. The van der Waals surface area contributed by atoms with E-state index in [0.29, 0.717) is 23.9 Å². The number of carbonyl (C=O) groups is 2. The Balaban J connectivity index is 5.07. The number of nitrogens with one attached hydrogen (secondary N) is 1. The number of likely N-dealkylation sites (N-methyl/N-ethyl adjacent to an activating group) is 1. The number of rotatable bonds is 59. The number of unbranched alkanes of at least 4 members (excludes halogenated alkanes) is 33. The van der Waals surface area contributed by atoms with Crippen molar-refractivity contribution >= 4 is 19.7 Å². The van der Waals surface area contributed by atoms with Crippen molar-refractivity contribution in [1.82, 2.24) is 5.32 Å². The van der Waals surface area contributed by atoms with Crippen LogP contribution in [0.15, 0.2) is 72.9 Å². The number of ether oxygens (including phenoxy) is 1. The van der Waals surface area contributed by atoms with Crippen molar-refractivity contribution in [2.75, 3.05) is 40.9 Å². The zero-order valence-corrected chi connectivity index (χ0v) is 52.8. The van der Waals surface area contributed by atoms with Gasteiger partial charge in [0.1, 0.15) is 19.3 Å². The van der Waals surface area contributed by atoms with Crippen LogP contribution in [-0.2, 0) is 27.9 Å². The van der Waals surface area contributed by atoms with E-state index >= 15 is 0 Å². The Hall–Kier alpha value is -2.55. The van der Waals surface area contributed by atoms with Crippen molar-refractivity contribution in [2.45, 2.75) is 309 Å². The Kier molecular flexibility index (Phi) is 55.8. The molecule has 0 rings (SSSR count). The number of amides is 1. The molecule has 0 aromatic heterocycles. The molecule has 0 aromatic rings. The highest BCUT2D eigenvalue weighted by Gasteiger charge is 2.27. The van der Waals surface area contributed by atoms with Gasteiger partial charge in [-0.05, 0) is 102 Å². The molecule has 1 amide bonds. The fraction of sp³-hybridized carbons (Fsp3) is 0.794. The van der Waals surface area contributed by atoms with Crippen molar-refractivity contribution in [3.63, 3.8) is 0 Å². The minimum absolute atomic E-state index is 0.0268. The van der Waals surface area contributed by atoms with Crippen LogP contribution in [0.4, 0.5) is 0 Å². The second-order valence-electron chi connectivity index (χ2n) is 23.3. The molecule has 0 spiro atoms. The zero-order chi connectivity index (χ0) is 57.2. The maximum absolute atomic E-state index is 13.5. The van der Waals surface area contributed by atoms with E-state index in [4.69, 9.17) is 13.8 Å². The summed E-state index contributed by atoms with van der Waals surface area (Å²) >= 11 is 0. The third-order valence-electron chi connectivity index (χ3n) is 14.4. The van der Waals surface area contributed by atoms with Crippen LogP contribution in [0.5, 0.6) is 0 Å². The van der Waals surface area contributed by atoms with Crippen LogP contribution in [-0.4, -0.2) is 69.4 Å².